The Morgan fingerprint density at radius 1 is 1.14 bits per heavy atom. The number of aromatic nitrogens is 6. The van der Waals surface area contributed by atoms with Crippen LogP contribution in [0.25, 0.3) is 22.5 Å². The van der Waals surface area contributed by atoms with E-state index in [-0.39, 0.29) is 11.7 Å². The van der Waals surface area contributed by atoms with E-state index < -0.39 is 5.91 Å². The first kappa shape index (κ1) is 16.0. The second-order valence-electron chi connectivity index (χ2n) is 5.85. The summed E-state index contributed by atoms with van der Waals surface area (Å²) in [5, 5.41) is 15.4. The minimum Gasteiger partial charge on any atom is -0.493 e. The van der Waals surface area contributed by atoms with Crippen molar-refractivity contribution in [2.75, 3.05) is 12.4 Å². The predicted molar refractivity (Wildman–Crippen MR) is 98.6 cm³/mol. The molecule has 0 radical (unpaired) electrons. The van der Waals surface area contributed by atoms with E-state index in [0.29, 0.717) is 17.2 Å². The molecule has 10 nitrogen and oxygen atoms in total. The molecule has 0 fully saturated rings. The van der Waals surface area contributed by atoms with Crippen LogP contribution in [0, 0.1) is 0 Å². The van der Waals surface area contributed by atoms with E-state index in [1.54, 1.807) is 28.9 Å². The zero-order chi connectivity index (χ0) is 19.1. The van der Waals surface area contributed by atoms with Gasteiger partial charge in [0.25, 0.3) is 5.91 Å². The maximum absolute atomic E-state index is 12.2. The van der Waals surface area contributed by atoms with E-state index >= 15 is 0 Å². The number of hydrogen-bond acceptors (Lipinski definition) is 7. The molecule has 5 aromatic rings. The third-order valence-electron chi connectivity index (χ3n) is 4.19. The van der Waals surface area contributed by atoms with Crippen LogP contribution in [0.1, 0.15) is 10.6 Å². The molecule has 1 amide bonds. The molecule has 4 heterocycles. The number of fused-ring (bicyclic) bond motifs is 2. The fraction of sp³-hybridized carbons (Fsp3) is 0.0556. The lowest BCUT2D eigenvalue weighted by molar-refractivity contribution is 0.0996. The third-order valence-corrected chi connectivity index (χ3v) is 4.19. The number of ether oxygens (including phenoxy) is 1. The number of carbonyl (C=O) groups excluding carboxylic acids is 1. The van der Waals surface area contributed by atoms with Gasteiger partial charge in [-0.1, -0.05) is 17.3 Å². The highest BCUT2D eigenvalue weighted by molar-refractivity contribution is 6.01. The topological polar surface area (TPSA) is 112 Å². The van der Waals surface area contributed by atoms with Crippen molar-refractivity contribution in [2.24, 2.45) is 0 Å². The molecule has 0 spiro atoms. The second-order valence-corrected chi connectivity index (χ2v) is 5.85. The van der Waals surface area contributed by atoms with Crippen LogP contribution >= 0.6 is 0 Å². The van der Waals surface area contributed by atoms with E-state index in [9.17, 15) is 4.79 Å². The number of benzene rings is 1. The maximum Gasteiger partial charge on any atom is 0.293 e. The Kier molecular flexibility index (Phi) is 3.54. The maximum atomic E-state index is 12.2. The van der Waals surface area contributed by atoms with Crippen molar-refractivity contribution >= 4 is 28.5 Å². The van der Waals surface area contributed by atoms with Gasteiger partial charge in [0.2, 0.25) is 11.6 Å². The van der Waals surface area contributed by atoms with E-state index in [1.165, 1.54) is 17.9 Å². The van der Waals surface area contributed by atoms with Gasteiger partial charge < -0.3 is 9.15 Å². The number of rotatable bonds is 4. The Hall–Kier alpha value is -4.21. The van der Waals surface area contributed by atoms with Gasteiger partial charge in [0, 0.05) is 0 Å². The Morgan fingerprint density at radius 2 is 2.04 bits per heavy atom. The normalized spacial score (nSPS) is 11.2. The number of nitrogens with one attached hydrogen (secondary N) is 1. The second kappa shape index (κ2) is 6.20. The molecule has 0 aliphatic rings. The van der Waals surface area contributed by atoms with E-state index in [0.717, 1.165) is 11.0 Å². The smallest absolute Gasteiger partial charge is 0.293 e. The highest BCUT2D eigenvalue weighted by Gasteiger charge is 2.18. The number of amides is 1. The zero-order valence-corrected chi connectivity index (χ0v) is 14.6. The number of pyridine rings is 1. The Bertz CT molecular complexity index is 1300. The summed E-state index contributed by atoms with van der Waals surface area (Å²) in [7, 11) is 1.54. The number of methoxy groups -OCH3 is 1. The monoisotopic (exact) mass is 375 g/mol. The fourth-order valence-electron chi connectivity index (χ4n) is 2.91. The van der Waals surface area contributed by atoms with Gasteiger partial charge in [0.1, 0.15) is 5.52 Å². The molecular formula is C18H13N7O3. The Balaban J connectivity index is 1.64. The van der Waals surface area contributed by atoms with Crippen LogP contribution < -0.4 is 10.1 Å². The van der Waals surface area contributed by atoms with Gasteiger partial charge in [0.05, 0.1) is 18.9 Å². The van der Waals surface area contributed by atoms with Crippen molar-refractivity contribution in [3.05, 3.63) is 60.6 Å². The molecular weight excluding hydrogens is 362 g/mol. The number of carbonyl (C=O) groups is 1. The van der Waals surface area contributed by atoms with Gasteiger partial charge >= 0.3 is 0 Å². The summed E-state index contributed by atoms with van der Waals surface area (Å²) >= 11 is 0. The molecule has 0 bridgehead atoms. The summed E-state index contributed by atoms with van der Waals surface area (Å²) < 4.78 is 13.7. The molecule has 5 rings (SSSR count). The molecule has 1 N–H and O–H groups in total. The highest BCUT2D eigenvalue weighted by atomic mass is 16.5. The zero-order valence-electron chi connectivity index (χ0n) is 14.6. The summed E-state index contributed by atoms with van der Waals surface area (Å²) in [4.78, 5) is 16.6. The Labute approximate surface area is 157 Å². The first-order valence-corrected chi connectivity index (χ1v) is 8.34. The van der Waals surface area contributed by atoms with Crippen LogP contribution in [0.15, 0.2) is 59.2 Å². The van der Waals surface area contributed by atoms with Crippen molar-refractivity contribution in [1.29, 1.82) is 0 Å². The first-order chi connectivity index (χ1) is 13.7. The van der Waals surface area contributed by atoms with E-state index in [4.69, 9.17) is 9.15 Å². The SMILES string of the molecule is COc1ccc(-n2nnc3ccccc32)n2nc(NC(=O)c3ccco3)nc12. The Morgan fingerprint density at radius 3 is 2.86 bits per heavy atom. The van der Waals surface area contributed by atoms with Gasteiger partial charge in [-0.05, 0) is 36.4 Å². The summed E-state index contributed by atoms with van der Waals surface area (Å²) in [5.74, 6) is 0.909. The number of hydrogen-bond donors (Lipinski definition) is 1. The van der Waals surface area contributed by atoms with Gasteiger partial charge in [-0.3, -0.25) is 10.1 Å². The molecule has 0 atom stereocenters. The molecule has 138 valence electrons. The van der Waals surface area contributed by atoms with Gasteiger partial charge in [-0.15, -0.1) is 10.2 Å². The van der Waals surface area contributed by atoms with Gasteiger partial charge in [-0.2, -0.15) is 14.2 Å². The summed E-state index contributed by atoms with van der Waals surface area (Å²) in [6.45, 7) is 0. The van der Waals surface area contributed by atoms with Crippen molar-refractivity contribution in [1.82, 2.24) is 29.6 Å². The number of anilines is 1. The summed E-state index contributed by atoms with van der Waals surface area (Å²) in [5.41, 5.74) is 1.98. The molecule has 28 heavy (non-hydrogen) atoms. The van der Waals surface area contributed by atoms with Crippen LogP contribution in [-0.4, -0.2) is 42.6 Å². The lowest BCUT2D eigenvalue weighted by atomic mass is 10.3. The standard InChI is InChI=1S/C18H13N7O3/c1-27-13-8-9-15(24-12-6-3-2-5-11(12)21-23-24)25-16(13)19-18(22-25)20-17(26)14-7-4-10-28-14/h2-10H,1H3,(H,20,22,26). The molecule has 4 aromatic heterocycles. The number of para-hydroxylation sites is 1. The molecule has 0 saturated carbocycles. The quantitative estimate of drug-likeness (QED) is 0.513. The van der Waals surface area contributed by atoms with Crippen LogP contribution in [0.5, 0.6) is 5.75 Å². The van der Waals surface area contributed by atoms with Crippen LogP contribution in [-0.2, 0) is 0 Å². The molecule has 10 heteroatoms. The summed E-state index contributed by atoms with van der Waals surface area (Å²) in [6, 6.07) is 14.3. The van der Waals surface area contributed by atoms with Crippen molar-refractivity contribution in [3.8, 4) is 11.6 Å². The van der Waals surface area contributed by atoms with Crippen LogP contribution in [0.4, 0.5) is 5.95 Å². The number of furan rings is 1. The highest BCUT2D eigenvalue weighted by Crippen LogP contribution is 2.24. The first-order valence-electron chi connectivity index (χ1n) is 8.34. The summed E-state index contributed by atoms with van der Waals surface area (Å²) in [6.07, 6.45) is 1.42. The minimum absolute atomic E-state index is 0.108. The average Bonchev–Trinajstić information content (AvgIpc) is 3.46. The van der Waals surface area contributed by atoms with Crippen molar-refractivity contribution in [3.63, 3.8) is 0 Å². The largest absolute Gasteiger partial charge is 0.493 e. The van der Waals surface area contributed by atoms with E-state index in [2.05, 4.69) is 25.7 Å². The average molecular weight is 375 g/mol. The van der Waals surface area contributed by atoms with Crippen LogP contribution in [0.2, 0.25) is 0 Å². The van der Waals surface area contributed by atoms with Crippen LogP contribution in [0.3, 0.4) is 0 Å². The lowest BCUT2D eigenvalue weighted by Gasteiger charge is -2.07. The molecule has 0 aliphatic carbocycles. The fourth-order valence-corrected chi connectivity index (χ4v) is 2.91. The van der Waals surface area contributed by atoms with Crippen molar-refractivity contribution < 1.29 is 13.9 Å². The molecule has 0 unspecified atom stereocenters. The lowest BCUT2D eigenvalue weighted by Crippen LogP contribution is -2.12. The predicted octanol–water partition coefficient (Wildman–Crippen LogP) is 2.32. The van der Waals surface area contributed by atoms with Gasteiger partial charge in [-0.25, -0.2) is 0 Å². The van der Waals surface area contributed by atoms with Crippen molar-refractivity contribution in [2.45, 2.75) is 0 Å². The molecule has 0 aliphatic heterocycles. The molecule has 1 aromatic carbocycles. The van der Waals surface area contributed by atoms with Gasteiger partial charge in [0.15, 0.2) is 17.3 Å². The number of nitrogens with zero attached hydrogens (tertiary/aromatic N) is 6. The minimum atomic E-state index is -0.451. The third kappa shape index (κ3) is 2.47. The van der Waals surface area contributed by atoms with E-state index in [1.807, 2.05) is 24.3 Å². The molecule has 0 saturated heterocycles.